The van der Waals surface area contributed by atoms with Gasteiger partial charge in [0.25, 0.3) is 0 Å². The molecule has 0 saturated heterocycles. The first kappa shape index (κ1) is 15.5. The minimum Gasteiger partial charge on any atom is -0.383 e. The first-order valence-electron chi connectivity index (χ1n) is 8.49. The lowest BCUT2D eigenvalue weighted by atomic mass is 9.98. The normalized spacial score (nSPS) is 11.0. The number of fused-ring (bicyclic) bond motifs is 1. The van der Waals surface area contributed by atoms with Crippen molar-refractivity contribution in [2.45, 2.75) is 39.0 Å². The molecule has 0 unspecified atom stereocenters. The third kappa shape index (κ3) is 3.70. The van der Waals surface area contributed by atoms with Gasteiger partial charge in [-0.3, -0.25) is 0 Å². The molecule has 0 atom stereocenters. The predicted octanol–water partition coefficient (Wildman–Crippen LogP) is 5.14. The fourth-order valence-electron chi connectivity index (χ4n) is 3.05. The van der Waals surface area contributed by atoms with Crippen molar-refractivity contribution in [2.75, 3.05) is 5.73 Å². The van der Waals surface area contributed by atoms with E-state index in [1.165, 1.54) is 41.3 Å². The minimum absolute atomic E-state index is 0.686. The molecule has 2 nitrogen and oxygen atoms in total. The lowest BCUT2D eigenvalue weighted by molar-refractivity contribution is 0.717. The molecular weight excluding hydrogens is 280 g/mol. The first-order chi connectivity index (χ1) is 11.3. The number of benzene rings is 2. The molecule has 2 heteroatoms. The van der Waals surface area contributed by atoms with E-state index in [1.54, 1.807) is 0 Å². The van der Waals surface area contributed by atoms with Crippen LogP contribution in [-0.2, 0) is 12.8 Å². The monoisotopic (exact) mass is 304 g/mol. The van der Waals surface area contributed by atoms with Crippen molar-refractivity contribution in [3.05, 3.63) is 71.3 Å². The van der Waals surface area contributed by atoms with Gasteiger partial charge in [-0.15, -0.1) is 0 Å². The summed E-state index contributed by atoms with van der Waals surface area (Å²) in [7, 11) is 0. The summed E-state index contributed by atoms with van der Waals surface area (Å²) in [5.74, 6) is 0.686. The fourth-order valence-corrected chi connectivity index (χ4v) is 3.05. The van der Waals surface area contributed by atoms with Gasteiger partial charge in [0, 0.05) is 5.39 Å². The Morgan fingerprint density at radius 3 is 2.52 bits per heavy atom. The molecular formula is C21H24N2. The minimum atomic E-state index is 0.686. The summed E-state index contributed by atoms with van der Waals surface area (Å²) < 4.78 is 0. The van der Waals surface area contributed by atoms with Crippen LogP contribution in [0.5, 0.6) is 0 Å². The van der Waals surface area contributed by atoms with Gasteiger partial charge in [-0.25, -0.2) is 4.98 Å². The van der Waals surface area contributed by atoms with Gasteiger partial charge in [-0.05, 0) is 48.1 Å². The molecule has 118 valence electrons. The van der Waals surface area contributed by atoms with Crippen LogP contribution in [0.2, 0.25) is 0 Å². The number of hydrogen-bond acceptors (Lipinski definition) is 2. The third-order valence-corrected chi connectivity index (χ3v) is 4.35. The summed E-state index contributed by atoms with van der Waals surface area (Å²) >= 11 is 0. The number of nitrogen functional groups attached to an aromatic ring is 1. The second-order valence-electron chi connectivity index (χ2n) is 6.14. The standard InChI is InChI=1S/C21H24N2/c1-2-3-5-11-18-15-19-17(14-16-9-6-4-7-10-16)12-8-13-20(19)23-21(18)22/h4,6-10,12-13,15H,2-3,5,11,14H2,1H3,(H2,22,23). The lowest BCUT2D eigenvalue weighted by Crippen LogP contribution is -2.00. The number of unbranched alkanes of at least 4 members (excludes halogenated alkanes) is 2. The van der Waals surface area contributed by atoms with Gasteiger partial charge in [0.15, 0.2) is 0 Å². The van der Waals surface area contributed by atoms with E-state index in [0.717, 1.165) is 18.4 Å². The average Bonchev–Trinajstić information content (AvgIpc) is 2.57. The number of hydrogen-bond donors (Lipinski definition) is 1. The van der Waals surface area contributed by atoms with Crippen LogP contribution in [-0.4, -0.2) is 4.98 Å². The highest BCUT2D eigenvalue weighted by Gasteiger charge is 2.08. The Morgan fingerprint density at radius 2 is 1.74 bits per heavy atom. The van der Waals surface area contributed by atoms with Crippen molar-refractivity contribution in [1.82, 2.24) is 4.98 Å². The smallest absolute Gasteiger partial charge is 0.127 e. The third-order valence-electron chi connectivity index (χ3n) is 4.35. The van der Waals surface area contributed by atoms with Crippen LogP contribution in [0.1, 0.15) is 42.9 Å². The van der Waals surface area contributed by atoms with Crippen molar-refractivity contribution in [2.24, 2.45) is 0 Å². The Balaban J connectivity index is 1.96. The van der Waals surface area contributed by atoms with Crippen LogP contribution in [0.25, 0.3) is 10.9 Å². The highest BCUT2D eigenvalue weighted by molar-refractivity contribution is 5.85. The van der Waals surface area contributed by atoms with Gasteiger partial charge in [0.1, 0.15) is 5.82 Å². The van der Waals surface area contributed by atoms with E-state index in [-0.39, 0.29) is 0 Å². The van der Waals surface area contributed by atoms with Crippen molar-refractivity contribution in [3.63, 3.8) is 0 Å². The zero-order chi connectivity index (χ0) is 16.1. The number of nitrogens with two attached hydrogens (primary N) is 1. The molecule has 0 spiro atoms. The molecule has 2 aromatic carbocycles. The van der Waals surface area contributed by atoms with Crippen molar-refractivity contribution >= 4 is 16.7 Å². The Bertz CT molecular complexity index is 778. The SMILES string of the molecule is CCCCCc1cc2c(Cc3ccccc3)cccc2nc1N. The maximum atomic E-state index is 6.16. The van der Waals surface area contributed by atoms with E-state index in [0.29, 0.717) is 5.82 Å². The molecule has 1 heterocycles. The van der Waals surface area contributed by atoms with Crippen LogP contribution < -0.4 is 5.73 Å². The topological polar surface area (TPSA) is 38.9 Å². The lowest BCUT2D eigenvalue weighted by Gasteiger charge is -2.11. The Hall–Kier alpha value is -2.35. The average molecular weight is 304 g/mol. The van der Waals surface area contributed by atoms with E-state index in [2.05, 4.69) is 66.5 Å². The largest absolute Gasteiger partial charge is 0.383 e. The predicted molar refractivity (Wildman–Crippen MR) is 98.6 cm³/mol. The summed E-state index contributed by atoms with van der Waals surface area (Å²) in [5.41, 5.74) is 11.0. The number of nitrogens with zero attached hydrogens (tertiary/aromatic N) is 1. The maximum absolute atomic E-state index is 6.16. The van der Waals surface area contributed by atoms with Gasteiger partial charge >= 0.3 is 0 Å². The molecule has 1 aromatic heterocycles. The first-order valence-corrected chi connectivity index (χ1v) is 8.49. The number of rotatable bonds is 6. The quantitative estimate of drug-likeness (QED) is 0.640. The molecule has 23 heavy (non-hydrogen) atoms. The van der Waals surface area contributed by atoms with E-state index < -0.39 is 0 Å². The maximum Gasteiger partial charge on any atom is 0.127 e. The molecule has 0 bridgehead atoms. The van der Waals surface area contributed by atoms with Crippen LogP contribution in [0.3, 0.4) is 0 Å². The Kier molecular flexibility index (Phi) is 4.92. The highest BCUT2D eigenvalue weighted by atomic mass is 14.8. The number of aromatic nitrogens is 1. The number of aryl methyl sites for hydroxylation is 1. The molecule has 2 N–H and O–H groups in total. The van der Waals surface area contributed by atoms with Crippen LogP contribution in [0, 0.1) is 0 Å². The van der Waals surface area contributed by atoms with E-state index in [4.69, 9.17) is 5.73 Å². The second-order valence-corrected chi connectivity index (χ2v) is 6.14. The molecule has 0 amide bonds. The number of pyridine rings is 1. The highest BCUT2D eigenvalue weighted by Crippen LogP contribution is 2.25. The summed E-state index contributed by atoms with van der Waals surface area (Å²) in [6.45, 7) is 2.22. The van der Waals surface area contributed by atoms with E-state index >= 15 is 0 Å². The molecule has 3 aromatic rings. The van der Waals surface area contributed by atoms with E-state index in [1.807, 2.05) is 0 Å². The summed E-state index contributed by atoms with van der Waals surface area (Å²) in [5, 5.41) is 1.23. The Morgan fingerprint density at radius 1 is 0.913 bits per heavy atom. The van der Waals surface area contributed by atoms with Crippen LogP contribution in [0.15, 0.2) is 54.6 Å². The van der Waals surface area contributed by atoms with Crippen molar-refractivity contribution in [1.29, 1.82) is 0 Å². The molecule has 0 aliphatic carbocycles. The molecule has 0 aliphatic heterocycles. The van der Waals surface area contributed by atoms with Crippen molar-refractivity contribution < 1.29 is 0 Å². The second kappa shape index (κ2) is 7.28. The van der Waals surface area contributed by atoms with E-state index in [9.17, 15) is 0 Å². The summed E-state index contributed by atoms with van der Waals surface area (Å²) in [4.78, 5) is 4.63. The van der Waals surface area contributed by atoms with Gasteiger partial charge in [0.05, 0.1) is 5.52 Å². The van der Waals surface area contributed by atoms with Gasteiger partial charge in [-0.2, -0.15) is 0 Å². The van der Waals surface area contributed by atoms with Crippen molar-refractivity contribution in [3.8, 4) is 0 Å². The Labute approximate surface area is 138 Å². The molecule has 3 rings (SSSR count). The van der Waals surface area contributed by atoms with Crippen LogP contribution >= 0.6 is 0 Å². The molecule has 0 aliphatic rings. The summed E-state index contributed by atoms with van der Waals surface area (Å²) in [6.07, 6.45) is 5.58. The zero-order valence-electron chi connectivity index (χ0n) is 13.8. The molecule has 0 saturated carbocycles. The molecule has 0 radical (unpaired) electrons. The number of anilines is 1. The van der Waals surface area contributed by atoms with Gasteiger partial charge < -0.3 is 5.73 Å². The fraction of sp³-hybridized carbons (Fsp3) is 0.286. The van der Waals surface area contributed by atoms with Crippen LogP contribution in [0.4, 0.5) is 5.82 Å². The summed E-state index contributed by atoms with van der Waals surface area (Å²) in [6, 6.07) is 19.2. The molecule has 0 fully saturated rings. The van der Waals surface area contributed by atoms with Gasteiger partial charge in [0.2, 0.25) is 0 Å². The zero-order valence-corrected chi connectivity index (χ0v) is 13.8. The van der Waals surface area contributed by atoms with Gasteiger partial charge in [-0.1, -0.05) is 62.2 Å².